The molecule has 0 saturated carbocycles. The number of rotatable bonds is 3. The predicted octanol–water partition coefficient (Wildman–Crippen LogP) is 1.73. The Morgan fingerprint density at radius 3 is 2.42 bits per heavy atom. The average molecular weight is 478 g/mol. The Balaban J connectivity index is 1.19. The number of hydrogen-bond donors (Lipinski definition) is 1. The second-order valence-corrected chi connectivity index (χ2v) is 11.3. The predicted molar refractivity (Wildman–Crippen MR) is 120 cm³/mol. The molecule has 9 nitrogen and oxygen atoms in total. The van der Waals surface area contributed by atoms with Crippen molar-refractivity contribution in [2.24, 2.45) is 5.92 Å². The third-order valence-corrected chi connectivity index (χ3v) is 9.19. The fraction of sp³-hybridized carbons (Fsp3) is 0.652. The summed E-state index contributed by atoms with van der Waals surface area (Å²) in [4.78, 5) is 26.9. The molecular formula is C23H31N3O6S. The van der Waals surface area contributed by atoms with Crippen LogP contribution < -0.4 is 5.32 Å². The van der Waals surface area contributed by atoms with Gasteiger partial charge in [-0.25, -0.2) is 8.42 Å². The van der Waals surface area contributed by atoms with Crippen molar-refractivity contribution < 1.29 is 27.5 Å². The monoisotopic (exact) mass is 477 g/mol. The fourth-order valence-corrected chi connectivity index (χ4v) is 6.84. The van der Waals surface area contributed by atoms with Crippen molar-refractivity contribution >= 4 is 27.5 Å². The van der Waals surface area contributed by atoms with Gasteiger partial charge in [0.15, 0.2) is 5.79 Å². The zero-order valence-electron chi connectivity index (χ0n) is 18.8. The van der Waals surface area contributed by atoms with Crippen LogP contribution in [0.15, 0.2) is 23.1 Å². The zero-order chi connectivity index (χ0) is 23.1. The molecule has 180 valence electrons. The van der Waals surface area contributed by atoms with Gasteiger partial charge >= 0.3 is 0 Å². The lowest BCUT2D eigenvalue weighted by Gasteiger charge is -2.40. The van der Waals surface area contributed by atoms with Crippen LogP contribution in [0.1, 0.15) is 44.1 Å². The van der Waals surface area contributed by atoms with E-state index in [0.29, 0.717) is 90.0 Å². The summed E-state index contributed by atoms with van der Waals surface area (Å²) >= 11 is 0. The lowest BCUT2D eigenvalue weighted by Crippen LogP contribution is -2.50. The molecule has 1 aromatic carbocycles. The van der Waals surface area contributed by atoms with Crippen molar-refractivity contribution in [1.82, 2.24) is 9.21 Å². The van der Waals surface area contributed by atoms with E-state index in [1.807, 2.05) is 4.90 Å². The molecule has 0 unspecified atom stereocenters. The second-order valence-electron chi connectivity index (χ2n) is 9.33. The maximum Gasteiger partial charge on any atom is 0.243 e. The number of fused-ring (bicyclic) bond motifs is 1. The summed E-state index contributed by atoms with van der Waals surface area (Å²) in [6.45, 7) is 3.11. The molecule has 1 spiro atoms. The summed E-state index contributed by atoms with van der Waals surface area (Å²) in [5.41, 5.74) is 1.54. The topological polar surface area (TPSA) is 105 Å². The van der Waals surface area contributed by atoms with Crippen molar-refractivity contribution in [3.05, 3.63) is 23.8 Å². The molecule has 3 fully saturated rings. The number of piperidine rings is 2. The van der Waals surface area contributed by atoms with Crippen LogP contribution in [0.2, 0.25) is 0 Å². The largest absolute Gasteiger partial charge is 0.347 e. The van der Waals surface area contributed by atoms with E-state index in [2.05, 4.69) is 5.32 Å². The molecule has 0 aliphatic carbocycles. The van der Waals surface area contributed by atoms with Crippen LogP contribution in [-0.2, 0) is 35.5 Å². The van der Waals surface area contributed by atoms with Crippen molar-refractivity contribution in [2.45, 2.75) is 55.6 Å². The first kappa shape index (κ1) is 22.8. The fourth-order valence-electron chi connectivity index (χ4n) is 5.32. The highest BCUT2D eigenvalue weighted by Gasteiger charge is 2.42. The van der Waals surface area contributed by atoms with E-state index < -0.39 is 15.8 Å². The summed E-state index contributed by atoms with van der Waals surface area (Å²) in [5.74, 6) is -0.590. The van der Waals surface area contributed by atoms with Gasteiger partial charge in [0, 0.05) is 57.0 Å². The van der Waals surface area contributed by atoms with E-state index >= 15 is 0 Å². The molecule has 0 atom stereocenters. The number of amides is 2. The molecule has 0 bridgehead atoms. The third kappa shape index (κ3) is 4.53. The third-order valence-electron chi connectivity index (χ3n) is 7.29. The summed E-state index contributed by atoms with van der Waals surface area (Å²) in [6.07, 6.45) is 4.22. The standard InChI is InChI=1S/C23H31N3O6S/c27-21-3-1-2-18-16-19(4-5-20(18)24-21)33(29,30)26-10-6-17(7-11-26)22(28)25-12-8-23(9-13-25)31-14-15-32-23/h4-5,16-17H,1-3,6-15H2,(H,24,27). The summed E-state index contributed by atoms with van der Waals surface area (Å²) in [5, 5.41) is 2.84. The number of hydrogen-bond acceptors (Lipinski definition) is 6. The lowest BCUT2D eigenvalue weighted by molar-refractivity contribution is -0.188. The maximum absolute atomic E-state index is 13.3. The number of nitrogens with one attached hydrogen (secondary N) is 1. The summed E-state index contributed by atoms with van der Waals surface area (Å²) in [7, 11) is -3.65. The Morgan fingerprint density at radius 1 is 1.03 bits per heavy atom. The molecule has 5 rings (SSSR count). The first-order valence-corrected chi connectivity index (χ1v) is 13.3. The number of likely N-dealkylation sites (tertiary alicyclic amines) is 1. The number of sulfonamides is 1. The smallest absolute Gasteiger partial charge is 0.243 e. The van der Waals surface area contributed by atoms with E-state index in [9.17, 15) is 18.0 Å². The molecule has 4 heterocycles. The Labute approximate surface area is 194 Å². The van der Waals surface area contributed by atoms with Crippen LogP contribution in [0.3, 0.4) is 0 Å². The van der Waals surface area contributed by atoms with Crippen LogP contribution in [0.25, 0.3) is 0 Å². The number of ether oxygens (including phenoxy) is 2. The number of benzene rings is 1. The number of aryl methyl sites for hydroxylation is 1. The highest BCUT2D eigenvalue weighted by Crippen LogP contribution is 2.33. The van der Waals surface area contributed by atoms with Gasteiger partial charge < -0.3 is 19.7 Å². The highest BCUT2D eigenvalue weighted by molar-refractivity contribution is 7.89. The van der Waals surface area contributed by atoms with Gasteiger partial charge in [-0.2, -0.15) is 4.31 Å². The minimum Gasteiger partial charge on any atom is -0.347 e. The first-order chi connectivity index (χ1) is 15.9. The van der Waals surface area contributed by atoms with Gasteiger partial charge in [-0.05, 0) is 49.4 Å². The van der Waals surface area contributed by atoms with Gasteiger partial charge in [-0.1, -0.05) is 0 Å². The molecular weight excluding hydrogens is 446 g/mol. The molecule has 4 aliphatic rings. The highest BCUT2D eigenvalue weighted by atomic mass is 32.2. The van der Waals surface area contributed by atoms with Crippen molar-refractivity contribution in [1.29, 1.82) is 0 Å². The van der Waals surface area contributed by atoms with E-state index in [0.717, 1.165) is 5.56 Å². The van der Waals surface area contributed by atoms with E-state index in [1.54, 1.807) is 18.2 Å². The van der Waals surface area contributed by atoms with Crippen LogP contribution >= 0.6 is 0 Å². The minimum atomic E-state index is -3.65. The van der Waals surface area contributed by atoms with Crippen LogP contribution in [0.5, 0.6) is 0 Å². The Morgan fingerprint density at radius 2 is 1.73 bits per heavy atom. The Hall–Kier alpha value is -2.01. The van der Waals surface area contributed by atoms with Gasteiger partial charge in [-0.15, -0.1) is 0 Å². The summed E-state index contributed by atoms with van der Waals surface area (Å²) in [6, 6.07) is 4.93. The second kappa shape index (κ2) is 8.98. The molecule has 33 heavy (non-hydrogen) atoms. The molecule has 1 aromatic rings. The van der Waals surface area contributed by atoms with Crippen molar-refractivity contribution in [2.75, 3.05) is 44.7 Å². The number of nitrogens with zero attached hydrogens (tertiary/aromatic N) is 2. The van der Waals surface area contributed by atoms with E-state index in [-0.39, 0.29) is 22.6 Å². The van der Waals surface area contributed by atoms with Crippen LogP contribution in [0, 0.1) is 5.92 Å². The molecule has 10 heteroatoms. The van der Waals surface area contributed by atoms with Crippen molar-refractivity contribution in [3.8, 4) is 0 Å². The van der Waals surface area contributed by atoms with E-state index in [1.165, 1.54) is 4.31 Å². The van der Waals surface area contributed by atoms with Gasteiger partial charge in [-0.3, -0.25) is 9.59 Å². The number of carbonyl (C=O) groups is 2. The zero-order valence-corrected chi connectivity index (χ0v) is 19.6. The Bertz CT molecular complexity index is 1020. The maximum atomic E-state index is 13.3. The molecule has 2 amide bonds. The molecule has 0 radical (unpaired) electrons. The van der Waals surface area contributed by atoms with Crippen LogP contribution in [0.4, 0.5) is 5.69 Å². The molecule has 1 N–H and O–H groups in total. The van der Waals surface area contributed by atoms with Gasteiger partial charge in [0.1, 0.15) is 0 Å². The van der Waals surface area contributed by atoms with Gasteiger partial charge in [0.2, 0.25) is 21.8 Å². The minimum absolute atomic E-state index is 0.0386. The SMILES string of the molecule is O=C1CCCc2cc(S(=O)(=O)N3CCC(C(=O)N4CCC5(CC4)OCCO5)CC3)ccc2N1. The average Bonchev–Trinajstić information content (AvgIpc) is 3.18. The number of carbonyl (C=O) groups excluding carboxylic acids is 2. The van der Waals surface area contributed by atoms with Gasteiger partial charge in [0.05, 0.1) is 18.1 Å². The summed E-state index contributed by atoms with van der Waals surface area (Å²) < 4.78 is 39.5. The molecule has 4 aliphatic heterocycles. The Kier molecular flexibility index (Phi) is 6.19. The van der Waals surface area contributed by atoms with Gasteiger partial charge in [0.25, 0.3) is 0 Å². The first-order valence-electron chi connectivity index (χ1n) is 11.9. The number of anilines is 1. The lowest BCUT2D eigenvalue weighted by atomic mass is 9.94. The normalized spacial score (nSPS) is 24.4. The molecule has 3 saturated heterocycles. The molecule has 0 aromatic heterocycles. The van der Waals surface area contributed by atoms with Crippen LogP contribution in [-0.4, -0.2) is 74.6 Å². The van der Waals surface area contributed by atoms with Crippen molar-refractivity contribution in [3.63, 3.8) is 0 Å². The quantitative estimate of drug-likeness (QED) is 0.711. The van der Waals surface area contributed by atoms with E-state index in [4.69, 9.17) is 9.47 Å².